The topological polar surface area (TPSA) is 66.4 Å². The Labute approximate surface area is 177 Å². The quantitative estimate of drug-likeness (QED) is 0.357. The van der Waals surface area contributed by atoms with Gasteiger partial charge in [0, 0.05) is 12.0 Å². The Kier molecular flexibility index (Phi) is 7.66. The Balaban J connectivity index is 3.21. The summed E-state index contributed by atoms with van der Waals surface area (Å²) in [7, 11) is -2.08. The first kappa shape index (κ1) is 26.6. The highest BCUT2D eigenvalue weighted by molar-refractivity contribution is 6.87. The third-order valence-corrected chi connectivity index (χ3v) is 9.59. The molecular formula is C20H23F6NO3Si. The van der Waals surface area contributed by atoms with E-state index in [-0.39, 0.29) is 29.7 Å². The molecule has 1 amide bonds. The van der Waals surface area contributed by atoms with Gasteiger partial charge in [-0.2, -0.15) is 26.3 Å². The summed E-state index contributed by atoms with van der Waals surface area (Å²) in [6, 6.07) is -1.24. The zero-order valence-corrected chi connectivity index (χ0v) is 18.5. The van der Waals surface area contributed by atoms with Gasteiger partial charge >= 0.3 is 18.3 Å². The number of benzene rings is 1. The molecule has 0 aliphatic carbocycles. The van der Waals surface area contributed by atoms with E-state index in [0.29, 0.717) is 0 Å². The van der Waals surface area contributed by atoms with Crippen molar-refractivity contribution in [1.82, 2.24) is 5.32 Å². The van der Waals surface area contributed by atoms with Crippen LogP contribution in [-0.2, 0) is 17.1 Å². The standard InChI is InChI=1S/C20H23F6NO3Si/c1-18(2,3)31(4,5)8-6-7-15(17(29)30)27-16(28)12-9-13(19(21,22)23)11-14(10-12)20(24,25)26/h9-11,15H,7H2,1-5H3,(H,27,28)(H,29,30)/t15-/m0/s1. The summed E-state index contributed by atoms with van der Waals surface area (Å²) >= 11 is 0. The van der Waals surface area contributed by atoms with Gasteiger partial charge in [0.25, 0.3) is 5.91 Å². The average Bonchev–Trinajstić information content (AvgIpc) is 2.57. The highest BCUT2D eigenvalue weighted by Crippen LogP contribution is 2.36. The van der Waals surface area contributed by atoms with Crippen molar-refractivity contribution < 1.29 is 41.0 Å². The van der Waals surface area contributed by atoms with Gasteiger partial charge in [-0.05, 0) is 23.2 Å². The van der Waals surface area contributed by atoms with Crippen LogP contribution in [0.5, 0.6) is 0 Å². The van der Waals surface area contributed by atoms with E-state index in [2.05, 4.69) is 11.5 Å². The van der Waals surface area contributed by atoms with Gasteiger partial charge in [-0.15, -0.1) is 11.5 Å². The largest absolute Gasteiger partial charge is 0.480 e. The van der Waals surface area contributed by atoms with Crippen LogP contribution in [-0.4, -0.2) is 31.1 Å². The maximum absolute atomic E-state index is 13.0. The van der Waals surface area contributed by atoms with Crippen LogP contribution in [0.1, 0.15) is 48.7 Å². The number of rotatable bonds is 4. The number of halogens is 6. The van der Waals surface area contributed by atoms with E-state index >= 15 is 0 Å². The van der Waals surface area contributed by atoms with E-state index in [1.807, 2.05) is 39.2 Å². The van der Waals surface area contributed by atoms with Crippen LogP contribution in [0.25, 0.3) is 0 Å². The second-order valence-corrected chi connectivity index (χ2v) is 13.5. The lowest BCUT2D eigenvalue weighted by Gasteiger charge is -2.31. The highest BCUT2D eigenvalue weighted by atomic mass is 28.3. The molecule has 1 aromatic carbocycles. The van der Waals surface area contributed by atoms with E-state index in [1.54, 1.807) is 0 Å². The van der Waals surface area contributed by atoms with Crippen molar-refractivity contribution in [1.29, 1.82) is 0 Å². The van der Waals surface area contributed by atoms with Gasteiger partial charge in [0.15, 0.2) is 0 Å². The van der Waals surface area contributed by atoms with E-state index in [1.165, 1.54) is 0 Å². The number of carbonyl (C=O) groups excluding carboxylic acids is 1. The van der Waals surface area contributed by atoms with Crippen molar-refractivity contribution in [3.05, 3.63) is 34.9 Å². The summed E-state index contributed by atoms with van der Waals surface area (Å²) in [5.41, 5.74) is -1.26. The molecule has 0 spiro atoms. The summed E-state index contributed by atoms with van der Waals surface area (Å²) in [6.07, 6.45) is -10.6. The number of aliphatic carboxylic acids is 1. The SMILES string of the molecule is CC(C)(C)[Si](C)(C)C#CC[C@H](NC(=O)c1cc(C(F)(F)F)cc(C(F)(F)F)c1)C(=O)O. The Morgan fingerprint density at radius 1 is 1.00 bits per heavy atom. The molecule has 31 heavy (non-hydrogen) atoms. The van der Waals surface area contributed by atoms with Gasteiger partial charge in [0.1, 0.15) is 14.1 Å². The predicted octanol–water partition coefficient (Wildman–Crippen LogP) is 5.35. The van der Waals surface area contributed by atoms with Crippen LogP contribution in [0.2, 0.25) is 18.1 Å². The normalized spacial score (nSPS) is 13.8. The fourth-order valence-corrected chi connectivity index (χ4v) is 3.01. The number of carbonyl (C=O) groups is 2. The molecule has 0 fully saturated rings. The third kappa shape index (κ3) is 7.31. The molecule has 0 saturated heterocycles. The molecule has 0 heterocycles. The Hall–Kier alpha value is -2.48. The van der Waals surface area contributed by atoms with Crippen molar-refractivity contribution in [3.8, 4) is 11.5 Å². The number of amides is 1. The molecule has 1 aromatic rings. The van der Waals surface area contributed by atoms with Gasteiger partial charge in [-0.3, -0.25) is 4.79 Å². The lowest BCUT2D eigenvalue weighted by Crippen LogP contribution is -2.41. The average molecular weight is 467 g/mol. The van der Waals surface area contributed by atoms with Crippen LogP contribution in [0.3, 0.4) is 0 Å². The van der Waals surface area contributed by atoms with Gasteiger partial charge in [-0.1, -0.05) is 33.9 Å². The second-order valence-electron chi connectivity index (χ2n) is 8.54. The molecule has 0 saturated carbocycles. The first-order chi connectivity index (χ1) is 13.8. The van der Waals surface area contributed by atoms with E-state index in [9.17, 15) is 41.0 Å². The number of nitrogens with one attached hydrogen (secondary N) is 1. The van der Waals surface area contributed by atoms with Crippen molar-refractivity contribution in [2.75, 3.05) is 0 Å². The molecule has 0 aromatic heterocycles. The molecule has 1 atom stereocenters. The Morgan fingerprint density at radius 2 is 1.45 bits per heavy atom. The fourth-order valence-electron chi connectivity index (χ4n) is 2.09. The van der Waals surface area contributed by atoms with Crippen molar-refractivity contribution in [2.45, 2.75) is 63.7 Å². The first-order valence-corrected chi connectivity index (χ1v) is 12.1. The van der Waals surface area contributed by atoms with Crippen LogP contribution < -0.4 is 5.32 Å². The molecule has 0 radical (unpaired) electrons. The molecule has 0 aliphatic heterocycles. The molecule has 0 aliphatic rings. The summed E-state index contributed by atoms with van der Waals surface area (Å²) in [5.74, 6) is -0.192. The van der Waals surface area contributed by atoms with Crippen molar-refractivity contribution >= 4 is 20.0 Å². The summed E-state index contributed by atoms with van der Waals surface area (Å²) in [6.45, 7) is 9.88. The molecule has 172 valence electrons. The maximum atomic E-state index is 13.0. The predicted molar refractivity (Wildman–Crippen MR) is 105 cm³/mol. The van der Waals surface area contributed by atoms with Crippen molar-refractivity contribution in [3.63, 3.8) is 0 Å². The minimum atomic E-state index is -5.13. The Morgan fingerprint density at radius 3 is 1.81 bits per heavy atom. The zero-order chi connectivity index (χ0) is 24.4. The monoisotopic (exact) mass is 467 g/mol. The van der Waals surface area contributed by atoms with E-state index < -0.39 is 55.0 Å². The van der Waals surface area contributed by atoms with Crippen LogP contribution in [0.15, 0.2) is 18.2 Å². The van der Waals surface area contributed by atoms with E-state index in [0.717, 1.165) is 0 Å². The minimum absolute atomic E-state index is 0.115. The van der Waals surface area contributed by atoms with Gasteiger partial charge in [0.05, 0.1) is 11.1 Å². The highest BCUT2D eigenvalue weighted by Gasteiger charge is 2.38. The van der Waals surface area contributed by atoms with E-state index in [4.69, 9.17) is 0 Å². The minimum Gasteiger partial charge on any atom is -0.480 e. The Bertz CT molecular complexity index is 872. The second kappa shape index (κ2) is 8.94. The molecule has 4 nitrogen and oxygen atoms in total. The molecular weight excluding hydrogens is 444 g/mol. The number of hydrogen-bond donors (Lipinski definition) is 2. The fraction of sp³-hybridized carbons (Fsp3) is 0.500. The zero-order valence-electron chi connectivity index (χ0n) is 17.5. The molecule has 0 unspecified atom stereocenters. The molecule has 0 bridgehead atoms. The maximum Gasteiger partial charge on any atom is 0.416 e. The number of carboxylic acid groups (broad SMARTS) is 1. The van der Waals surface area contributed by atoms with Gasteiger partial charge in [-0.25, -0.2) is 4.79 Å². The number of hydrogen-bond acceptors (Lipinski definition) is 2. The van der Waals surface area contributed by atoms with Gasteiger partial charge < -0.3 is 10.4 Å². The first-order valence-electron chi connectivity index (χ1n) is 9.09. The summed E-state index contributed by atoms with van der Waals surface area (Å²) in [5, 5.41) is 11.1. The number of carboxylic acids is 1. The van der Waals surface area contributed by atoms with Crippen LogP contribution in [0, 0.1) is 11.5 Å². The molecule has 1 rings (SSSR count). The summed E-state index contributed by atoms with van der Waals surface area (Å²) in [4.78, 5) is 23.7. The molecule has 11 heteroatoms. The summed E-state index contributed by atoms with van der Waals surface area (Å²) < 4.78 is 77.7. The smallest absolute Gasteiger partial charge is 0.416 e. The lowest BCUT2D eigenvalue weighted by atomic mass is 10.0. The van der Waals surface area contributed by atoms with Gasteiger partial charge in [0.2, 0.25) is 0 Å². The lowest BCUT2D eigenvalue weighted by molar-refractivity contribution is -0.143. The van der Waals surface area contributed by atoms with Crippen molar-refractivity contribution in [2.24, 2.45) is 0 Å². The number of alkyl halides is 6. The van der Waals surface area contributed by atoms with Crippen LogP contribution in [0.4, 0.5) is 26.3 Å². The van der Waals surface area contributed by atoms with Crippen LogP contribution >= 0.6 is 0 Å². The third-order valence-electron chi connectivity index (χ3n) is 5.04. The molecule has 2 N–H and O–H groups in total.